The summed E-state index contributed by atoms with van der Waals surface area (Å²) in [6.45, 7) is 13.0. The quantitative estimate of drug-likeness (QED) is 0.287. The van der Waals surface area contributed by atoms with Crippen LogP contribution in [0, 0.1) is 18.7 Å². The zero-order valence-corrected chi connectivity index (χ0v) is 23.5. The van der Waals surface area contributed by atoms with Crippen LogP contribution in [0.15, 0.2) is 58.3 Å². The molecule has 8 nitrogen and oxygen atoms in total. The number of benzene rings is 2. The van der Waals surface area contributed by atoms with Gasteiger partial charge < -0.3 is 10.7 Å². The van der Waals surface area contributed by atoms with E-state index >= 15 is 0 Å². The number of hydrogen-bond donors (Lipinski definition) is 2. The molecule has 4 N–H and O–H groups in total. The third kappa shape index (κ3) is 6.95. The van der Waals surface area contributed by atoms with Crippen molar-refractivity contribution in [2.45, 2.75) is 40.7 Å². The topological polar surface area (TPSA) is 94.4 Å². The molecule has 0 amide bonds. The van der Waals surface area contributed by atoms with E-state index < -0.39 is 11.0 Å². The molecule has 0 aromatic heterocycles. The van der Waals surface area contributed by atoms with Gasteiger partial charge in [-0.05, 0) is 74.2 Å². The second-order valence-electron chi connectivity index (χ2n) is 9.84. The SMILES string of the molecule is C/C=N\N(c1ccc(F)cc1)c1ccc(C2CN(S(=O)/C(=C(\C)N)N(C)N)CCN2CC(C)C)c(C)c1. The van der Waals surface area contributed by atoms with Crippen LogP contribution in [-0.4, -0.2) is 57.9 Å². The normalized spacial score (nSPS) is 18.8. The molecule has 0 aliphatic carbocycles. The predicted octanol–water partition coefficient (Wildman–Crippen LogP) is 4.21. The van der Waals surface area contributed by atoms with Crippen LogP contribution in [0.5, 0.6) is 0 Å². The minimum Gasteiger partial charge on any atom is -0.400 e. The van der Waals surface area contributed by atoms with Crippen LogP contribution in [-0.2, 0) is 11.0 Å². The molecular formula is C27H40FN7OS. The molecule has 1 aliphatic rings. The van der Waals surface area contributed by atoms with Crippen LogP contribution >= 0.6 is 0 Å². The van der Waals surface area contributed by atoms with Gasteiger partial charge in [0.1, 0.15) is 16.8 Å². The number of piperazine rings is 1. The minimum atomic E-state index is -1.47. The van der Waals surface area contributed by atoms with Crippen molar-refractivity contribution >= 4 is 28.6 Å². The molecule has 0 saturated carbocycles. The summed E-state index contributed by atoms with van der Waals surface area (Å²) in [5.74, 6) is 6.16. The number of anilines is 2. The number of hydrazine groups is 1. The molecule has 2 unspecified atom stereocenters. The van der Waals surface area contributed by atoms with E-state index in [2.05, 4.69) is 42.9 Å². The van der Waals surface area contributed by atoms with Gasteiger partial charge >= 0.3 is 0 Å². The lowest BCUT2D eigenvalue weighted by atomic mass is 9.96. The van der Waals surface area contributed by atoms with Crippen molar-refractivity contribution in [2.24, 2.45) is 22.6 Å². The van der Waals surface area contributed by atoms with E-state index in [4.69, 9.17) is 11.6 Å². The summed E-state index contributed by atoms with van der Waals surface area (Å²) in [5.41, 5.74) is 10.4. The van der Waals surface area contributed by atoms with E-state index in [9.17, 15) is 8.60 Å². The summed E-state index contributed by atoms with van der Waals surface area (Å²) in [4.78, 5) is 2.47. The number of rotatable bonds is 9. The van der Waals surface area contributed by atoms with Crippen molar-refractivity contribution < 1.29 is 8.60 Å². The maximum Gasteiger partial charge on any atom is 0.150 e. The highest BCUT2D eigenvalue weighted by molar-refractivity contribution is 7.86. The van der Waals surface area contributed by atoms with Gasteiger partial charge in [-0.25, -0.2) is 23.8 Å². The van der Waals surface area contributed by atoms with Gasteiger partial charge in [-0.15, -0.1) is 0 Å². The first-order chi connectivity index (χ1) is 17.5. The van der Waals surface area contributed by atoms with E-state index in [1.54, 1.807) is 37.3 Å². The van der Waals surface area contributed by atoms with Gasteiger partial charge in [-0.2, -0.15) is 5.10 Å². The van der Waals surface area contributed by atoms with Gasteiger partial charge in [0.15, 0.2) is 5.03 Å². The Balaban J connectivity index is 1.96. The van der Waals surface area contributed by atoms with Gasteiger partial charge in [0.25, 0.3) is 0 Å². The monoisotopic (exact) mass is 529 g/mol. The lowest BCUT2D eigenvalue weighted by Crippen LogP contribution is -2.51. The fraction of sp³-hybridized carbons (Fsp3) is 0.444. The number of allylic oxidation sites excluding steroid dienone is 1. The number of aryl methyl sites for hydroxylation is 1. The molecule has 0 radical (unpaired) electrons. The molecule has 1 saturated heterocycles. The number of halogens is 1. The maximum absolute atomic E-state index is 13.5. The average Bonchev–Trinajstić information content (AvgIpc) is 2.83. The van der Waals surface area contributed by atoms with Crippen molar-refractivity contribution in [3.05, 3.63) is 70.1 Å². The van der Waals surface area contributed by atoms with E-state index in [0.29, 0.717) is 29.7 Å². The highest BCUT2D eigenvalue weighted by Crippen LogP contribution is 2.34. The van der Waals surface area contributed by atoms with E-state index in [-0.39, 0.29) is 11.9 Å². The third-order valence-electron chi connectivity index (χ3n) is 6.27. The van der Waals surface area contributed by atoms with Crippen molar-refractivity contribution in [3.63, 3.8) is 0 Å². The van der Waals surface area contributed by atoms with Crippen molar-refractivity contribution in [3.8, 4) is 0 Å². The molecule has 1 fully saturated rings. The Hall–Kier alpha value is -2.79. The van der Waals surface area contributed by atoms with Gasteiger partial charge in [-0.3, -0.25) is 4.90 Å². The largest absolute Gasteiger partial charge is 0.400 e. The zero-order chi connectivity index (χ0) is 27.3. The number of nitrogens with two attached hydrogens (primary N) is 2. The fourth-order valence-electron chi connectivity index (χ4n) is 4.74. The molecule has 2 aromatic carbocycles. The molecule has 1 aliphatic heterocycles. The summed E-state index contributed by atoms with van der Waals surface area (Å²) in [6.07, 6.45) is 1.71. The fourth-order valence-corrected chi connectivity index (χ4v) is 6.03. The van der Waals surface area contributed by atoms with E-state index in [1.165, 1.54) is 22.7 Å². The second kappa shape index (κ2) is 12.6. The Bertz CT molecular complexity index is 1150. The van der Waals surface area contributed by atoms with Crippen LogP contribution in [0.2, 0.25) is 0 Å². The van der Waals surface area contributed by atoms with Crippen LogP contribution < -0.4 is 16.6 Å². The highest BCUT2D eigenvalue weighted by atomic mass is 32.2. The van der Waals surface area contributed by atoms with Gasteiger partial charge in [-0.1, -0.05) is 19.9 Å². The van der Waals surface area contributed by atoms with Gasteiger partial charge in [0.05, 0.1) is 11.4 Å². The summed E-state index contributed by atoms with van der Waals surface area (Å²) < 4.78 is 28.9. The summed E-state index contributed by atoms with van der Waals surface area (Å²) in [7, 11) is 0.187. The molecule has 1 heterocycles. The molecule has 0 spiro atoms. The molecule has 2 atom stereocenters. The molecule has 0 bridgehead atoms. The zero-order valence-electron chi connectivity index (χ0n) is 22.7. The van der Waals surface area contributed by atoms with Crippen LogP contribution in [0.4, 0.5) is 15.8 Å². The lowest BCUT2D eigenvalue weighted by Gasteiger charge is -2.42. The van der Waals surface area contributed by atoms with Crippen molar-refractivity contribution in [2.75, 3.05) is 38.2 Å². The van der Waals surface area contributed by atoms with Crippen molar-refractivity contribution in [1.29, 1.82) is 0 Å². The first kappa shape index (κ1) is 28.8. The summed E-state index contributed by atoms with van der Waals surface area (Å²) >= 11 is 0. The van der Waals surface area contributed by atoms with E-state index in [0.717, 1.165) is 30.0 Å². The molecule has 202 valence electrons. The number of hydrogen-bond acceptors (Lipinski definition) is 7. The first-order valence-electron chi connectivity index (χ1n) is 12.5. The Kier molecular flexibility index (Phi) is 9.83. The maximum atomic E-state index is 13.5. The van der Waals surface area contributed by atoms with E-state index in [1.807, 2.05) is 17.3 Å². The molecule has 2 aromatic rings. The Labute approximate surface area is 222 Å². The standard InChI is InChI=1S/C27H40FN7OS/c1-7-31-35(23-10-8-22(28)9-11-23)24-12-13-25(20(4)16-24)26-18-34(15-14-33(26)17-19(2)3)37(36)27(21(5)29)32(6)30/h7-13,16,19,26H,14-15,17-18,29-30H2,1-6H3/b27-21+,31-7-. The summed E-state index contributed by atoms with van der Waals surface area (Å²) in [5, 5.41) is 8.08. The third-order valence-corrected chi connectivity index (χ3v) is 8.01. The highest BCUT2D eigenvalue weighted by Gasteiger charge is 2.34. The number of nitrogens with zero attached hydrogens (tertiary/aromatic N) is 5. The predicted molar refractivity (Wildman–Crippen MR) is 152 cm³/mol. The average molecular weight is 530 g/mol. The molecule has 3 rings (SSSR count). The Morgan fingerprint density at radius 1 is 1.22 bits per heavy atom. The van der Waals surface area contributed by atoms with Crippen LogP contribution in [0.3, 0.4) is 0 Å². The first-order valence-corrected chi connectivity index (χ1v) is 13.6. The smallest absolute Gasteiger partial charge is 0.150 e. The number of hydrazone groups is 1. The lowest BCUT2D eigenvalue weighted by molar-refractivity contribution is 0.107. The van der Waals surface area contributed by atoms with Crippen molar-refractivity contribution in [1.82, 2.24) is 14.2 Å². The van der Waals surface area contributed by atoms with Gasteiger partial charge in [0, 0.05) is 51.2 Å². The molecule has 37 heavy (non-hydrogen) atoms. The van der Waals surface area contributed by atoms with Crippen LogP contribution in [0.1, 0.15) is 44.9 Å². The minimum absolute atomic E-state index is 0.0468. The van der Waals surface area contributed by atoms with Gasteiger partial charge in [0.2, 0.25) is 0 Å². The summed E-state index contributed by atoms with van der Waals surface area (Å²) in [6, 6.07) is 12.6. The Morgan fingerprint density at radius 2 is 1.86 bits per heavy atom. The Morgan fingerprint density at radius 3 is 2.41 bits per heavy atom. The molecule has 10 heteroatoms. The second-order valence-corrected chi connectivity index (χ2v) is 11.2. The van der Waals surface area contributed by atoms with Crippen LogP contribution in [0.25, 0.3) is 0 Å². The molecular weight excluding hydrogens is 489 g/mol.